The summed E-state index contributed by atoms with van der Waals surface area (Å²) < 4.78 is 9.67. The predicted molar refractivity (Wildman–Crippen MR) is 391 cm³/mol. The molecular weight excluding hydrogens is 1110 g/mol. The molecule has 0 fully saturated rings. The zero-order valence-electron chi connectivity index (χ0n) is 50.1. The summed E-state index contributed by atoms with van der Waals surface area (Å²) in [7, 11) is 0. The Labute approximate surface area is 530 Å². The Morgan fingerprint density at radius 3 is 0.978 bits per heavy atom. The summed E-state index contributed by atoms with van der Waals surface area (Å²) in [4.78, 5) is 0. The van der Waals surface area contributed by atoms with Gasteiger partial charge in [-0.05, 0) is 158 Å². The van der Waals surface area contributed by atoms with Gasteiger partial charge in [0.2, 0.25) is 0 Å². The maximum atomic E-state index is 2.45. The van der Waals surface area contributed by atoms with Crippen molar-refractivity contribution in [2.45, 2.75) is 0 Å². The molecule has 0 aliphatic rings. The minimum Gasteiger partial charge on any atom is -0.309 e. The van der Waals surface area contributed by atoms with Crippen LogP contribution in [0.5, 0.6) is 0 Å². The van der Waals surface area contributed by atoms with Gasteiger partial charge in [-0.2, -0.15) is 0 Å². The summed E-state index contributed by atoms with van der Waals surface area (Å²) in [5, 5.41) is 20.3. The van der Waals surface area contributed by atoms with Crippen molar-refractivity contribution in [1.29, 1.82) is 0 Å². The number of hydrogen-bond donors (Lipinski definition) is 0. The highest BCUT2D eigenvalue weighted by molar-refractivity contribution is 6.24. The summed E-state index contributed by atoms with van der Waals surface area (Å²) in [5.41, 5.74) is 19.4. The first kappa shape index (κ1) is 51.8. The van der Waals surface area contributed by atoms with Crippen LogP contribution in [-0.2, 0) is 0 Å². The number of rotatable bonds is 6. The molecule has 0 amide bonds. The quantitative estimate of drug-likeness (QED) is 0.158. The van der Waals surface area contributed by atoms with Crippen molar-refractivity contribution in [2.24, 2.45) is 0 Å². The summed E-state index contributed by atoms with van der Waals surface area (Å²) in [6.45, 7) is 0. The first-order valence-electron chi connectivity index (χ1n) is 31.7. The van der Waals surface area contributed by atoms with Gasteiger partial charge in [0.15, 0.2) is 0 Å². The van der Waals surface area contributed by atoms with Gasteiger partial charge in [-0.3, -0.25) is 0 Å². The van der Waals surface area contributed by atoms with Gasteiger partial charge < -0.3 is 18.3 Å². The zero-order chi connectivity index (χ0) is 60.4. The largest absolute Gasteiger partial charge is 0.309 e. The second-order valence-corrected chi connectivity index (χ2v) is 24.3. The van der Waals surface area contributed by atoms with Crippen LogP contribution < -0.4 is 0 Å². The minimum absolute atomic E-state index is 1.17. The molecule has 4 nitrogen and oxygen atoms in total. The number of para-hydroxylation sites is 6. The third-order valence-electron chi connectivity index (χ3n) is 19.4. The van der Waals surface area contributed by atoms with Crippen LogP contribution in [0, 0.1) is 0 Å². The van der Waals surface area contributed by atoms with Gasteiger partial charge in [-0.25, -0.2) is 0 Å². The third-order valence-corrected chi connectivity index (χ3v) is 19.4. The molecule has 0 radical (unpaired) electrons. The fourth-order valence-electron chi connectivity index (χ4n) is 15.3. The Kier molecular flexibility index (Phi) is 11.6. The average molecular weight is 1170 g/mol. The maximum Gasteiger partial charge on any atom is 0.0547 e. The lowest BCUT2D eigenvalue weighted by atomic mass is 9.97. The van der Waals surface area contributed by atoms with Crippen molar-refractivity contribution >= 4 is 130 Å². The number of hydrogen-bond acceptors (Lipinski definition) is 0. The number of benzene rings is 16. The van der Waals surface area contributed by atoms with E-state index in [0.29, 0.717) is 0 Å². The van der Waals surface area contributed by atoms with Crippen LogP contribution >= 0.6 is 0 Å². The smallest absolute Gasteiger partial charge is 0.0547 e. The van der Waals surface area contributed by atoms with Gasteiger partial charge in [0.25, 0.3) is 0 Å². The molecule has 0 atom stereocenters. The highest BCUT2D eigenvalue weighted by atomic mass is 15.0. The van der Waals surface area contributed by atoms with E-state index in [0.717, 1.165) is 0 Å². The van der Waals surface area contributed by atoms with Crippen LogP contribution in [0.2, 0.25) is 0 Å². The molecule has 0 saturated carbocycles. The summed E-state index contributed by atoms with van der Waals surface area (Å²) >= 11 is 0. The monoisotopic (exact) mass is 1170 g/mol. The molecule has 0 aliphatic carbocycles. The van der Waals surface area contributed by atoms with Crippen LogP contribution in [0.15, 0.2) is 340 Å². The molecule has 0 aliphatic heterocycles. The molecule has 428 valence electrons. The summed E-state index contributed by atoms with van der Waals surface area (Å²) in [5.74, 6) is 0. The first-order valence-corrected chi connectivity index (χ1v) is 31.7. The molecule has 16 aromatic carbocycles. The van der Waals surface area contributed by atoms with E-state index in [1.165, 1.54) is 175 Å². The SMILES string of the molecule is c1ccc(-n2c3ccccc3c3cc(-c4ccc5ccc6c(c5c4)c4ccccc4n6-c4cccc5ccccc45)ccc32)cc1.c1ccc(-n2c3ccccc3c3ccc(-c4ccc5ccc6c(c5c4)c4ccccc4n6-c4cccc5ccccc45)cc32)cc1. The molecule has 92 heavy (non-hydrogen) atoms. The Balaban J connectivity index is 0.000000132. The van der Waals surface area contributed by atoms with E-state index in [1.54, 1.807) is 0 Å². The molecule has 0 bridgehead atoms. The highest BCUT2D eigenvalue weighted by Gasteiger charge is 2.21. The molecule has 0 spiro atoms. The fourth-order valence-corrected chi connectivity index (χ4v) is 15.3. The van der Waals surface area contributed by atoms with Crippen LogP contribution in [0.25, 0.3) is 175 Å². The van der Waals surface area contributed by atoms with Crippen molar-refractivity contribution in [3.05, 3.63) is 340 Å². The normalized spacial score (nSPS) is 11.9. The Hall–Kier alpha value is -12.2. The van der Waals surface area contributed by atoms with E-state index in [-0.39, 0.29) is 0 Å². The Morgan fingerprint density at radius 1 is 0.152 bits per heavy atom. The number of aromatic nitrogens is 4. The van der Waals surface area contributed by atoms with E-state index in [2.05, 4.69) is 358 Å². The Morgan fingerprint density at radius 2 is 0.467 bits per heavy atom. The van der Waals surface area contributed by atoms with Gasteiger partial charge >= 0.3 is 0 Å². The van der Waals surface area contributed by atoms with Crippen molar-refractivity contribution in [3.63, 3.8) is 0 Å². The van der Waals surface area contributed by atoms with Crippen LogP contribution in [0.1, 0.15) is 0 Å². The Bertz CT molecular complexity index is 6360. The molecule has 20 rings (SSSR count). The van der Waals surface area contributed by atoms with Crippen LogP contribution in [0.4, 0.5) is 0 Å². The second-order valence-electron chi connectivity index (χ2n) is 24.3. The first-order chi connectivity index (χ1) is 45.7. The molecular formula is C88H56N4. The lowest BCUT2D eigenvalue weighted by Gasteiger charge is -2.12. The number of nitrogens with zero attached hydrogens (tertiary/aromatic N) is 4. The second kappa shape index (κ2) is 20.7. The van der Waals surface area contributed by atoms with E-state index in [1.807, 2.05) is 0 Å². The fraction of sp³-hybridized carbons (Fsp3) is 0. The van der Waals surface area contributed by atoms with Gasteiger partial charge in [0.1, 0.15) is 0 Å². The standard InChI is InChI=1S/2C44H28N2/c1-2-13-33(14-3-1)45-40-18-8-6-16-35(40)38-28-32(24-25-42(38)45)31-22-21-30-23-26-43-44(37(30)27-31)36-17-7-9-19-41(36)46(43)39-20-10-12-29-11-4-5-15-34(29)39;1-2-13-33(14-3-1)45-40-18-8-6-16-35(40)36-25-23-32(28-43(36)45)31-22-21-30-24-26-42-44(38(30)27-31)37-17-7-9-19-41(37)46(42)39-20-10-12-29-11-4-5-15-34(29)39/h2*1-28H. The van der Waals surface area contributed by atoms with E-state index >= 15 is 0 Å². The summed E-state index contributed by atoms with van der Waals surface area (Å²) in [6.07, 6.45) is 0. The van der Waals surface area contributed by atoms with Gasteiger partial charge in [-0.1, -0.05) is 237 Å². The van der Waals surface area contributed by atoms with Crippen molar-refractivity contribution < 1.29 is 0 Å². The van der Waals surface area contributed by atoms with Gasteiger partial charge in [0.05, 0.1) is 55.5 Å². The lowest BCUT2D eigenvalue weighted by Crippen LogP contribution is -1.95. The molecule has 4 heteroatoms. The predicted octanol–water partition coefficient (Wildman–Crippen LogP) is 23.7. The zero-order valence-corrected chi connectivity index (χ0v) is 50.1. The van der Waals surface area contributed by atoms with Crippen molar-refractivity contribution in [3.8, 4) is 45.0 Å². The molecule has 0 saturated heterocycles. The van der Waals surface area contributed by atoms with Crippen LogP contribution in [0.3, 0.4) is 0 Å². The average Bonchev–Trinajstić information content (AvgIpc) is 1.59. The molecule has 4 aromatic heterocycles. The van der Waals surface area contributed by atoms with E-state index < -0.39 is 0 Å². The topological polar surface area (TPSA) is 19.7 Å². The van der Waals surface area contributed by atoms with Gasteiger partial charge in [-0.15, -0.1) is 0 Å². The molecule has 20 aromatic rings. The third kappa shape index (κ3) is 7.97. The minimum atomic E-state index is 1.17. The maximum absolute atomic E-state index is 2.45. The van der Waals surface area contributed by atoms with Gasteiger partial charge in [0, 0.05) is 65.2 Å². The summed E-state index contributed by atoms with van der Waals surface area (Å²) in [6, 6.07) is 124. The molecule has 4 heterocycles. The molecule has 0 N–H and O–H groups in total. The van der Waals surface area contributed by atoms with Crippen LogP contribution in [-0.4, -0.2) is 18.3 Å². The molecule has 0 unspecified atom stereocenters. The highest BCUT2D eigenvalue weighted by Crippen LogP contribution is 2.44. The van der Waals surface area contributed by atoms with E-state index in [4.69, 9.17) is 0 Å². The van der Waals surface area contributed by atoms with Crippen molar-refractivity contribution in [1.82, 2.24) is 18.3 Å². The van der Waals surface area contributed by atoms with E-state index in [9.17, 15) is 0 Å². The van der Waals surface area contributed by atoms with Crippen molar-refractivity contribution in [2.75, 3.05) is 0 Å². The number of fused-ring (bicyclic) bond motifs is 18. The lowest BCUT2D eigenvalue weighted by molar-refractivity contribution is 1.18.